The van der Waals surface area contributed by atoms with E-state index >= 15 is 0 Å². The Bertz CT molecular complexity index is 2530. The van der Waals surface area contributed by atoms with Gasteiger partial charge >= 0.3 is 0 Å². The van der Waals surface area contributed by atoms with Crippen LogP contribution in [0, 0.1) is 0 Å². The molecule has 0 atom stereocenters. The molecule has 0 fully saturated rings. The Hall–Kier alpha value is -6.18. The Labute approximate surface area is 296 Å². The lowest BCUT2D eigenvalue weighted by Gasteiger charge is -2.14. The minimum atomic E-state index is -4.76. The summed E-state index contributed by atoms with van der Waals surface area (Å²) in [4.78, 5) is -1.09. The number of nitrogens with two attached hydrogens (primary N) is 4. The first-order valence-electron chi connectivity index (χ1n) is 15.1. The topological polar surface area (TPSA) is 292 Å². The van der Waals surface area contributed by atoms with Crippen LogP contribution in [0.4, 0.5) is 45.5 Å². The van der Waals surface area contributed by atoms with Gasteiger partial charge in [-0.2, -0.15) is 21.9 Å². The smallest absolute Gasteiger partial charge is 0.297 e. The molecule has 0 heterocycles. The number of azo groups is 2. The van der Waals surface area contributed by atoms with E-state index in [1.54, 1.807) is 72.8 Å². The quantitative estimate of drug-likeness (QED) is 0.0456. The number of ether oxygens (including phenoxy) is 1. The number of hydrogen-bond donors (Lipinski definition) is 7. The lowest BCUT2D eigenvalue weighted by molar-refractivity contribution is 0.282. The summed E-state index contributed by atoms with van der Waals surface area (Å²) in [5.41, 5.74) is 25.9. The summed E-state index contributed by atoms with van der Waals surface area (Å²) in [5.74, 6) is 0.264. The SMILES string of the molecule is COc1cc(-c2ccc(N=Nc3c(N)c(S(=O)(=O)O)c4ccccc4c3N)c(CO)c2)ccc1N=Nc1c(N)c(S(=O)(=O)O)c2ccccc2c1N. The zero-order valence-corrected chi connectivity index (χ0v) is 28.7. The van der Waals surface area contributed by atoms with E-state index in [-0.39, 0.29) is 62.0 Å². The molecule has 0 saturated heterocycles. The van der Waals surface area contributed by atoms with Crippen molar-refractivity contribution < 1.29 is 35.8 Å². The number of aliphatic hydroxyl groups excluding tert-OH is 1. The van der Waals surface area contributed by atoms with Crippen LogP contribution in [-0.4, -0.2) is 38.2 Å². The average molecular weight is 743 g/mol. The molecule has 18 heteroatoms. The number of aliphatic hydroxyl groups is 1. The Kier molecular flexibility index (Phi) is 9.26. The van der Waals surface area contributed by atoms with E-state index < -0.39 is 36.6 Å². The molecule has 0 unspecified atom stereocenters. The molecule has 0 aliphatic heterocycles. The third kappa shape index (κ3) is 6.43. The van der Waals surface area contributed by atoms with E-state index in [9.17, 15) is 31.0 Å². The molecule has 6 rings (SSSR count). The number of nitrogen functional groups attached to an aromatic ring is 4. The Morgan fingerprint density at radius 3 is 1.44 bits per heavy atom. The van der Waals surface area contributed by atoms with Gasteiger partial charge in [0.2, 0.25) is 0 Å². The molecule has 0 aliphatic rings. The lowest BCUT2D eigenvalue weighted by atomic mass is 10.0. The zero-order valence-electron chi connectivity index (χ0n) is 27.1. The van der Waals surface area contributed by atoms with Crippen molar-refractivity contribution in [1.82, 2.24) is 0 Å². The van der Waals surface area contributed by atoms with E-state index in [1.165, 1.54) is 19.2 Å². The fourth-order valence-electron chi connectivity index (χ4n) is 5.79. The molecule has 0 amide bonds. The van der Waals surface area contributed by atoms with Crippen LogP contribution in [0.3, 0.4) is 0 Å². The fraction of sp³-hybridized carbons (Fsp3) is 0.0588. The first-order valence-corrected chi connectivity index (χ1v) is 17.9. The van der Waals surface area contributed by atoms with Crippen LogP contribution in [0.1, 0.15) is 5.56 Å². The predicted octanol–water partition coefficient (Wildman–Crippen LogP) is 6.81. The number of hydrogen-bond acceptors (Lipinski definition) is 14. The van der Waals surface area contributed by atoms with Gasteiger partial charge in [0.1, 0.15) is 32.6 Å². The standard InChI is InChI=1S/C34H30N8O8S2/c1-50-26-15-18(11-13-25(26)40-42-32-28(36)21-7-3-5-9-23(21)34(30(32)38)52(47,48)49)17-10-12-24(19(14-17)16-43)39-41-31-27(35)20-6-2-4-8-22(20)33(29(31)37)51(44,45)46/h2-15,43H,16,35-38H2,1H3,(H,44,45,46)(H,47,48,49). The Morgan fingerprint density at radius 1 is 0.577 bits per heavy atom. The van der Waals surface area contributed by atoms with Crippen LogP contribution in [0.5, 0.6) is 5.75 Å². The van der Waals surface area contributed by atoms with Gasteiger partial charge in [-0.1, -0.05) is 60.7 Å². The third-order valence-electron chi connectivity index (χ3n) is 8.23. The van der Waals surface area contributed by atoms with Gasteiger partial charge in [0, 0.05) is 27.1 Å². The van der Waals surface area contributed by atoms with Crippen LogP contribution in [0.2, 0.25) is 0 Å². The molecule has 0 spiro atoms. The lowest BCUT2D eigenvalue weighted by Crippen LogP contribution is -2.06. The molecular weight excluding hydrogens is 713 g/mol. The zero-order chi connectivity index (χ0) is 37.5. The summed E-state index contributed by atoms with van der Waals surface area (Å²) in [6, 6.07) is 22.3. The molecule has 0 bridgehead atoms. The van der Waals surface area contributed by atoms with Gasteiger partial charge in [0.05, 0.1) is 42.2 Å². The van der Waals surface area contributed by atoms with E-state index in [1.807, 2.05) is 0 Å². The van der Waals surface area contributed by atoms with Gasteiger partial charge in [0.25, 0.3) is 20.2 Å². The van der Waals surface area contributed by atoms with Gasteiger partial charge in [-0.05, 0) is 35.4 Å². The highest BCUT2D eigenvalue weighted by molar-refractivity contribution is 7.86. The Balaban J connectivity index is 1.35. The molecule has 0 aliphatic carbocycles. The van der Waals surface area contributed by atoms with Crippen LogP contribution >= 0.6 is 0 Å². The largest absolute Gasteiger partial charge is 0.494 e. The van der Waals surface area contributed by atoms with E-state index in [0.29, 0.717) is 27.5 Å². The fourth-order valence-corrected chi connectivity index (χ4v) is 7.45. The van der Waals surface area contributed by atoms with Gasteiger partial charge in [0.15, 0.2) is 0 Å². The van der Waals surface area contributed by atoms with Crippen molar-refractivity contribution in [2.45, 2.75) is 16.4 Å². The highest BCUT2D eigenvalue weighted by Gasteiger charge is 2.25. The molecule has 52 heavy (non-hydrogen) atoms. The number of rotatable bonds is 9. The van der Waals surface area contributed by atoms with Crippen molar-refractivity contribution in [1.29, 1.82) is 0 Å². The summed E-state index contributed by atoms with van der Waals surface area (Å²) in [6.07, 6.45) is 0. The molecule has 16 nitrogen and oxygen atoms in total. The normalized spacial score (nSPS) is 12.4. The highest BCUT2D eigenvalue weighted by atomic mass is 32.2. The molecular formula is C34H30N8O8S2. The molecule has 6 aromatic carbocycles. The summed E-state index contributed by atoms with van der Waals surface area (Å²) >= 11 is 0. The summed E-state index contributed by atoms with van der Waals surface area (Å²) < 4.78 is 74.3. The highest BCUT2D eigenvalue weighted by Crippen LogP contribution is 2.45. The summed E-state index contributed by atoms with van der Waals surface area (Å²) in [5, 5.41) is 27.7. The van der Waals surface area contributed by atoms with Crippen LogP contribution in [0.25, 0.3) is 32.7 Å². The number of fused-ring (bicyclic) bond motifs is 2. The monoisotopic (exact) mass is 742 g/mol. The first kappa shape index (κ1) is 35.6. The van der Waals surface area contributed by atoms with Gasteiger partial charge < -0.3 is 32.8 Å². The number of methoxy groups -OCH3 is 1. The second kappa shape index (κ2) is 13.5. The van der Waals surface area contributed by atoms with Gasteiger partial charge in [-0.15, -0.1) is 15.3 Å². The number of anilines is 4. The van der Waals surface area contributed by atoms with Crippen LogP contribution in [-0.2, 0) is 26.8 Å². The molecule has 11 N–H and O–H groups in total. The first-order chi connectivity index (χ1) is 24.6. The molecule has 0 saturated carbocycles. The predicted molar refractivity (Wildman–Crippen MR) is 198 cm³/mol. The maximum Gasteiger partial charge on any atom is 0.297 e. The van der Waals surface area contributed by atoms with Crippen molar-refractivity contribution in [3.8, 4) is 16.9 Å². The van der Waals surface area contributed by atoms with Crippen LogP contribution in [0.15, 0.2) is 115 Å². The van der Waals surface area contributed by atoms with Crippen molar-refractivity contribution in [3.05, 3.63) is 90.5 Å². The van der Waals surface area contributed by atoms with Gasteiger partial charge in [-0.25, -0.2) is 0 Å². The molecule has 0 aromatic heterocycles. The summed E-state index contributed by atoms with van der Waals surface area (Å²) in [6.45, 7) is -0.454. The van der Waals surface area contributed by atoms with Crippen molar-refractivity contribution in [3.63, 3.8) is 0 Å². The van der Waals surface area contributed by atoms with Crippen molar-refractivity contribution in [2.75, 3.05) is 30.0 Å². The van der Waals surface area contributed by atoms with E-state index in [4.69, 9.17) is 27.7 Å². The van der Waals surface area contributed by atoms with E-state index in [2.05, 4.69) is 20.5 Å². The third-order valence-corrected chi connectivity index (χ3v) is 10.1. The van der Waals surface area contributed by atoms with Crippen molar-refractivity contribution >= 4 is 87.3 Å². The second-order valence-electron chi connectivity index (χ2n) is 11.3. The molecule has 6 aromatic rings. The molecule has 266 valence electrons. The molecule has 0 radical (unpaired) electrons. The summed E-state index contributed by atoms with van der Waals surface area (Å²) in [7, 11) is -8.11. The van der Waals surface area contributed by atoms with Crippen LogP contribution < -0.4 is 27.7 Å². The maximum absolute atomic E-state index is 12.2. The minimum Gasteiger partial charge on any atom is -0.494 e. The average Bonchev–Trinajstić information content (AvgIpc) is 3.10. The maximum atomic E-state index is 12.2. The minimum absolute atomic E-state index is 0.0422. The van der Waals surface area contributed by atoms with E-state index in [0.717, 1.165) is 0 Å². The number of nitrogens with zero attached hydrogens (tertiary/aromatic N) is 4. The Morgan fingerprint density at radius 2 is 1.00 bits per heavy atom. The number of benzene rings is 6. The van der Waals surface area contributed by atoms with Crippen molar-refractivity contribution in [2.24, 2.45) is 20.5 Å². The second-order valence-corrected chi connectivity index (χ2v) is 14.1. The van der Waals surface area contributed by atoms with Gasteiger partial charge in [-0.3, -0.25) is 9.11 Å².